The number of benzene rings is 1. The summed E-state index contributed by atoms with van der Waals surface area (Å²) in [6.45, 7) is 0. The van der Waals surface area contributed by atoms with Gasteiger partial charge in [0.25, 0.3) is 0 Å². The highest BCUT2D eigenvalue weighted by Gasteiger charge is 2.26. The Kier molecular flexibility index (Phi) is 5.95. The molecule has 1 aromatic carbocycles. The van der Waals surface area contributed by atoms with Crippen LogP contribution in [0.2, 0.25) is 5.02 Å². The molecule has 1 aromatic rings. The number of hydrogen-bond donors (Lipinski definition) is 1. The van der Waals surface area contributed by atoms with Gasteiger partial charge in [-0.3, -0.25) is 0 Å². The number of ether oxygens (including phenoxy) is 2. The van der Waals surface area contributed by atoms with Crippen molar-refractivity contribution in [2.24, 2.45) is 5.73 Å². The lowest BCUT2D eigenvalue weighted by atomic mass is 10.0. The van der Waals surface area contributed by atoms with Crippen LogP contribution in [0.25, 0.3) is 0 Å². The Morgan fingerprint density at radius 2 is 1.90 bits per heavy atom. The van der Waals surface area contributed by atoms with E-state index in [-0.39, 0.29) is 12.8 Å². The fraction of sp³-hybridized carbons (Fsp3) is 0.538. The first kappa shape index (κ1) is 16.9. The van der Waals surface area contributed by atoms with Crippen LogP contribution in [0.1, 0.15) is 30.9 Å². The largest absolute Gasteiger partial charge is 0.493 e. The zero-order valence-corrected chi connectivity index (χ0v) is 12.0. The quantitative estimate of drug-likeness (QED) is 0.860. The van der Waals surface area contributed by atoms with E-state index in [1.54, 1.807) is 12.1 Å². The Bertz CT molecular complexity index is 452. The van der Waals surface area contributed by atoms with Crippen LogP contribution < -0.4 is 15.2 Å². The molecule has 0 aromatic heterocycles. The molecule has 0 saturated heterocycles. The Labute approximate surface area is 120 Å². The molecule has 0 aliphatic carbocycles. The van der Waals surface area contributed by atoms with E-state index >= 15 is 0 Å². The molecular formula is C13H17ClF3NO2. The number of halogens is 4. The maximum atomic E-state index is 12.1. The molecule has 0 radical (unpaired) electrons. The molecule has 0 aliphatic rings. The number of hydrogen-bond acceptors (Lipinski definition) is 3. The monoisotopic (exact) mass is 311 g/mol. The van der Waals surface area contributed by atoms with Crippen LogP contribution in [-0.2, 0) is 0 Å². The van der Waals surface area contributed by atoms with Gasteiger partial charge in [-0.2, -0.15) is 13.2 Å². The molecular weight excluding hydrogens is 295 g/mol. The summed E-state index contributed by atoms with van der Waals surface area (Å²) >= 11 is 6.02. The molecule has 2 N–H and O–H groups in total. The van der Waals surface area contributed by atoms with Crippen LogP contribution in [0, 0.1) is 0 Å². The van der Waals surface area contributed by atoms with E-state index in [1.807, 2.05) is 0 Å². The van der Waals surface area contributed by atoms with E-state index in [1.165, 1.54) is 14.2 Å². The summed E-state index contributed by atoms with van der Waals surface area (Å²) in [6.07, 6.45) is -4.82. The minimum Gasteiger partial charge on any atom is -0.493 e. The molecule has 1 unspecified atom stereocenters. The minimum atomic E-state index is -4.16. The zero-order valence-electron chi connectivity index (χ0n) is 11.3. The fourth-order valence-corrected chi connectivity index (χ4v) is 2.14. The Balaban J connectivity index is 2.78. The Morgan fingerprint density at radius 3 is 2.40 bits per heavy atom. The lowest BCUT2D eigenvalue weighted by molar-refractivity contribution is -0.135. The van der Waals surface area contributed by atoms with Gasteiger partial charge in [-0.25, -0.2) is 0 Å². The average Bonchev–Trinajstić information content (AvgIpc) is 2.35. The van der Waals surface area contributed by atoms with Crippen LogP contribution in [-0.4, -0.2) is 20.4 Å². The van der Waals surface area contributed by atoms with Crippen LogP contribution in [0.5, 0.6) is 11.5 Å². The van der Waals surface area contributed by atoms with Gasteiger partial charge in [-0.15, -0.1) is 0 Å². The maximum absolute atomic E-state index is 12.1. The molecule has 7 heteroatoms. The lowest BCUT2D eigenvalue weighted by Crippen LogP contribution is -2.13. The summed E-state index contributed by atoms with van der Waals surface area (Å²) < 4.78 is 46.5. The zero-order chi connectivity index (χ0) is 15.3. The molecule has 0 spiro atoms. The topological polar surface area (TPSA) is 44.5 Å². The van der Waals surface area contributed by atoms with Gasteiger partial charge in [0.1, 0.15) is 0 Å². The van der Waals surface area contributed by atoms with Crippen LogP contribution in [0.15, 0.2) is 12.1 Å². The van der Waals surface area contributed by atoms with Crippen molar-refractivity contribution in [3.63, 3.8) is 0 Å². The molecule has 1 atom stereocenters. The van der Waals surface area contributed by atoms with Gasteiger partial charge in [-0.05, 0) is 30.5 Å². The van der Waals surface area contributed by atoms with E-state index in [0.29, 0.717) is 22.1 Å². The van der Waals surface area contributed by atoms with E-state index in [2.05, 4.69) is 0 Å². The predicted molar refractivity (Wildman–Crippen MR) is 71.4 cm³/mol. The maximum Gasteiger partial charge on any atom is 0.389 e. The SMILES string of the molecule is COc1cc(C(N)CCCC(F)(F)F)cc(Cl)c1OC. The number of nitrogens with two attached hydrogens (primary N) is 1. The van der Waals surface area contributed by atoms with Crippen LogP contribution >= 0.6 is 11.6 Å². The summed E-state index contributed by atoms with van der Waals surface area (Å²) in [5, 5.41) is 0.313. The van der Waals surface area contributed by atoms with Gasteiger partial charge in [0.2, 0.25) is 0 Å². The van der Waals surface area contributed by atoms with Gasteiger partial charge in [0.05, 0.1) is 19.2 Å². The predicted octanol–water partition coefficient (Wildman–Crippen LogP) is 4.09. The van der Waals surface area contributed by atoms with Crippen molar-refractivity contribution < 1.29 is 22.6 Å². The van der Waals surface area contributed by atoms with E-state index in [9.17, 15) is 13.2 Å². The van der Waals surface area contributed by atoms with Crippen molar-refractivity contribution in [2.75, 3.05) is 14.2 Å². The molecule has 0 saturated carbocycles. The molecule has 0 amide bonds. The smallest absolute Gasteiger partial charge is 0.389 e. The summed E-state index contributed by atoms with van der Waals surface area (Å²) in [5.41, 5.74) is 6.51. The Hall–Kier alpha value is -1.14. The van der Waals surface area contributed by atoms with Gasteiger partial charge in [0, 0.05) is 12.5 Å². The van der Waals surface area contributed by atoms with Crippen LogP contribution in [0.3, 0.4) is 0 Å². The standard InChI is InChI=1S/C13H17ClF3NO2/c1-19-11-7-8(6-9(14)12(11)20-2)10(18)4-3-5-13(15,16)17/h6-7,10H,3-5,18H2,1-2H3. The molecule has 3 nitrogen and oxygen atoms in total. The van der Waals surface area contributed by atoms with Gasteiger partial charge in [-0.1, -0.05) is 11.6 Å². The molecule has 114 valence electrons. The van der Waals surface area contributed by atoms with Crippen LogP contribution in [0.4, 0.5) is 13.2 Å². The second kappa shape index (κ2) is 7.04. The van der Waals surface area contributed by atoms with E-state index in [0.717, 1.165) is 0 Å². The fourth-order valence-electron chi connectivity index (χ4n) is 1.84. The first-order chi connectivity index (χ1) is 9.28. The number of rotatable bonds is 6. The van der Waals surface area contributed by atoms with Crippen molar-refractivity contribution in [1.29, 1.82) is 0 Å². The highest BCUT2D eigenvalue weighted by atomic mass is 35.5. The highest BCUT2D eigenvalue weighted by molar-refractivity contribution is 6.32. The lowest BCUT2D eigenvalue weighted by Gasteiger charge is -2.16. The third-order valence-corrected chi connectivity index (χ3v) is 3.14. The molecule has 20 heavy (non-hydrogen) atoms. The van der Waals surface area contributed by atoms with Gasteiger partial charge >= 0.3 is 6.18 Å². The molecule has 0 heterocycles. The van der Waals surface area contributed by atoms with Crippen molar-refractivity contribution in [1.82, 2.24) is 0 Å². The van der Waals surface area contributed by atoms with Crippen molar-refractivity contribution in [3.05, 3.63) is 22.7 Å². The molecule has 0 fully saturated rings. The summed E-state index contributed by atoms with van der Waals surface area (Å²) in [7, 11) is 2.90. The minimum absolute atomic E-state index is 0.0311. The van der Waals surface area contributed by atoms with E-state index in [4.69, 9.17) is 26.8 Å². The number of alkyl halides is 3. The molecule has 0 bridgehead atoms. The Morgan fingerprint density at radius 1 is 1.25 bits per heavy atom. The third kappa shape index (κ3) is 4.76. The highest BCUT2D eigenvalue weighted by Crippen LogP contribution is 2.38. The summed E-state index contributed by atoms with van der Waals surface area (Å²) in [5.74, 6) is 0.779. The summed E-state index contributed by atoms with van der Waals surface area (Å²) in [4.78, 5) is 0. The normalized spacial score (nSPS) is 13.2. The molecule has 1 rings (SSSR count). The van der Waals surface area contributed by atoms with Crippen molar-refractivity contribution in [3.8, 4) is 11.5 Å². The van der Waals surface area contributed by atoms with Crippen molar-refractivity contribution in [2.45, 2.75) is 31.5 Å². The van der Waals surface area contributed by atoms with Gasteiger partial charge in [0.15, 0.2) is 11.5 Å². The first-order valence-corrected chi connectivity index (χ1v) is 6.40. The van der Waals surface area contributed by atoms with Gasteiger partial charge < -0.3 is 15.2 Å². The average molecular weight is 312 g/mol. The first-order valence-electron chi connectivity index (χ1n) is 6.02. The second-order valence-corrected chi connectivity index (χ2v) is 4.76. The number of methoxy groups -OCH3 is 2. The van der Waals surface area contributed by atoms with E-state index < -0.39 is 18.6 Å². The van der Waals surface area contributed by atoms with Crippen molar-refractivity contribution >= 4 is 11.6 Å². The second-order valence-electron chi connectivity index (χ2n) is 4.35. The molecule has 0 aliphatic heterocycles. The third-order valence-electron chi connectivity index (χ3n) is 2.86. The summed E-state index contributed by atoms with van der Waals surface area (Å²) in [6, 6.07) is 2.68.